The van der Waals surface area contributed by atoms with Gasteiger partial charge in [-0.1, -0.05) is 30.3 Å². The number of esters is 1. The van der Waals surface area contributed by atoms with Crippen LogP contribution in [-0.4, -0.2) is 42.3 Å². The molecule has 5 heteroatoms. The van der Waals surface area contributed by atoms with Crippen LogP contribution in [0.3, 0.4) is 0 Å². The molecule has 0 unspecified atom stereocenters. The summed E-state index contributed by atoms with van der Waals surface area (Å²) in [4.78, 5) is 26.4. The largest absolute Gasteiger partial charge is 0.467 e. The lowest BCUT2D eigenvalue weighted by atomic mass is 9.83. The monoisotopic (exact) mass is 319 g/mol. The Morgan fingerprint density at radius 1 is 1.17 bits per heavy atom. The van der Waals surface area contributed by atoms with Gasteiger partial charge in [0.05, 0.1) is 7.11 Å². The summed E-state index contributed by atoms with van der Waals surface area (Å²) in [5, 5.41) is 0. The number of ether oxygens (including phenoxy) is 2. The zero-order valence-corrected chi connectivity index (χ0v) is 14.2. The number of amides is 1. The van der Waals surface area contributed by atoms with Gasteiger partial charge >= 0.3 is 12.1 Å². The van der Waals surface area contributed by atoms with Crippen LogP contribution in [-0.2, 0) is 14.3 Å². The van der Waals surface area contributed by atoms with Crippen molar-refractivity contribution in [3.8, 4) is 0 Å². The first kappa shape index (κ1) is 17.3. The van der Waals surface area contributed by atoms with Crippen LogP contribution < -0.4 is 0 Å². The Kier molecular flexibility index (Phi) is 5.29. The van der Waals surface area contributed by atoms with E-state index in [1.54, 1.807) is 0 Å². The molecule has 2 atom stereocenters. The van der Waals surface area contributed by atoms with Gasteiger partial charge in [-0.3, -0.25) is 4.90 Å². The molecule has 0 N–H and O–H groups in total. The molecule has 0 bridgehead atoms. The van der Waals surface area contributed by atoms with Crippen molar-refractivity contribution in [2.45, 2.75) is 51.2 Å². The molecule has 0 radical (unpaired) electrons. The van der Waals surface area contributed by atoms with Crippen molar-refractivity contribution in [1.82, 2.24) is 4.90 Å². The molecule has 1 amide bonds. The van der Waals surface area contributed by atoms with Gasteiger partial charge in [-0.05, 0) is 39.2 Å². The van der Waals surface area contributed by atoms with E-state index in [0.717, 1.165) is 18.4 Å². The van der Waals surface area contributed by atoms with Crippen molar-refractivity contribution in [2.24, 2.45) is 0 Å². The summed E-state index contributed by atoms with van der Waals surface area (Å²) in [6.45, 7) is 5.95. The van der Waals surface area contributed by atoms with Gasteiger partial charge in [0.1, 0.15) is 11.6 Å². The molecule has 1 saturated heterocycles. The molecule has 0 aromatic heterocycles. The number of rotatable bonds is 2. The number of carbonyl (C=O) groups is 2. The molecule has 0 aliphatic carbocycles. The van der Waals surface area contributed by atoms with Crippen LogP contribution >= 0.6 is 0 Å². The lowest BCUT2D eigenvalue weighted by molar-refractivity contribution is -0.149. The third kappa shape index (κ3) is 4.24. The van der Waals surface area contributed by atoms with Gasteiger partial charge < -0.3 is 9.47 Å². The van der Waals surface area contributed by atoms with E-state index in [1.807, 2.05) is 51.1 Å². The quantitative estimate of drug-likeness (QED) is 0.785. The zero-order valence-electron chi connectivity index (χ0n) is 14.2. The number of carbonyl (C=O) groups excluding carboxylic acids is 2. The number of nitrogens with zero attached hydrogens (tertiary/aromatic N) is 1. The third-order valence-corrected chi connectivity index (χ3v) is 3.93. The van der Waals surface area contributed by atoms with Crippen molar-refractivity contribution in [1.29, 1.82) is 0 Å². The van der Waals surface area contributed by atoms with Crippen LogP contribution in [0.25, 0.3) is 0 Å². The normalized spacial score (nSPS) is 21.7. The molecule has 1 aromatic carbocycles. The van der Waals surface area contributed by atoms with E-state index in [1.165, 1.54) is 12.0 Å². The molecule has 1 fully saturated rings. The van der Waals surface area contributed by atoms with Gasteiger partial charge in [-0.15, -0.1) is 0 Å². The van der Waals surface area contributed by atoms with Crippen LogP contribution in [0.4, 0.5) is 4.79 Å². The molecule has 1 aromatic rings. The minimum atomic E-state index is -0.647. The first-order valence-electron chi connectivity index (χ1n) is 7.96. The summed E-state index contributed by atoms with van der Waals surface area (Å²) in [7, 11) is 1.35. The highest BCUT2D eigenvalue weighted by molar-refractivity contribution is 5.83. The molecule has 0 spiro atoms. The van der Waals surface area contributed by atoms with E-state index in [9.17, 15) is 9.59 Å². The van der Waals surface area contributed by atoms with Gasteiger partial charge in [0.2, 0.25) is 0 Å². The second kappa shape index (κ2) is 7.02. The maximum Gasteiger partial charge on any atom is 0.411 e. The lowest BCUT2D eigenvalue weighted by Crippen LogP contribution is -2.53. The van der Waals surface area contributed by atoms with Crippen LogP contribution in [0.5, 0.6) is 0 Å². The second-order valence-corrected chi connectivity index (χ2v) is 6.80. The topological polar surface area (TPSA) is 55.8 Å². The lowest BCUT2D eigenvalue weighted by Gasteiger charge is -2.40. The predicted octanol–water partition coefficient (Wildman–Crippen LogP) is 3.34. The predicted molar refractivity (Wildman–Crippen MR) is 87.2 cm³/mol. The molecule has 126 valence electrons. The molecule has 1 heterocycles. The van der Waals surface area contributed by atoms with Crippen molar-refractivity contribution >= 4 is 12.1 Å². The Bertz CT molecular complexity index is 550. The number of hydrogen-bond acceptors (Lipinski definition) is 4. The fourth-order valence-electron chi connectivity index (χ4n) is 2.98. The highest BCUT2D eigenvalue weighted by atomic mass is 16.6. The summed E-state index contributed by atoms with van der Waals surface area (Å²) < 4.78 is 10.4. The van der Waals surface area contributed by atoms with Gasteiger partial charge in [-0.25, -0.2) is 9.59 Å². The van der Waals surface area contributed by atoms with E-state index in [-0.39, 0.29) is 5.92 Å². The van der Waals surface area contributed by atoms with E-state index >= 15 is 0 Å². The summed E-state index contributed by atoms with van der Waals surface area (Å²) >= 11 is 0. The average molecular weight is 319 g/mol. The zero-order chi connectivity index (χ0) is 17.0. The van der Waals surface area contributed by atoms with Gasteiger partial charge in [-0.2, -0.15) is 0 Å². The fraction of sp³-hybridized carbons (Fsp3) is 0.556. The minimum absolute atomic E-state index is 0.0788. The maximum atomic E-state index is 12.5. The van der Waals surface area contributed by atoms with Crippen molar-refractivity contribution < 1.29 is 19.1 Å². The molecule has 23 heavy (non-hydrogen) atoms. The van der Waals surface area contributed by atoms with E-state index in [2.05, 4.69) is 0 Å². The van der Waals surface area contributed by atoms with Crippen molar-refractivity contribution in [3.63, 3.8) is 0 Å². The van der Waals surface area contributed by atoms with Crippen molar-refractivity contribution in [3.05, 3.63) is 35.9 Å². The highest BCUT2D eigenvalue weighted by Crippen LogP contribution is 2.34. The van der Waals surface area contributed by atoms with Crippen LogP contribution in [0.2, 0.25) is 0 Å². The number of methoxy groups -OCH3 is 1. The smallest absolute Gasteiger partial charge is 0.411 e. The van der Waals surface area contributed by atoms with Crippen LogP contribution in [0.15, 0.2) is 30.3 Å². The van der Waals surface area contributed by atoms with Crippen LogP contribution in [0.1, 0.15) is 45.1 Å². The van der Waals surface area contributed by atoms with E-state index < -0.39 is 23.7 Å². The SMILES string of the molecule is COC(=O)[C@H]1[C@H](c2ccccc2)CCCN1C(=O)OC(C)(C)C. The average Bonchev–Trinajstić information content (AvgIpc) is 2.52. The van der Waals surface area contributed by atoms with Gasteiger partial charge in [0.15, 0.2) is 0 Å². The Labute approximate surface area is 137 Å². The Morgan fingerprint density at radius 3 is 2.39 bits per heavy atom. The standard InChI is InChI=1S/C18H25NO4/c1-18(2,3)23-17(21)19-12-8-11-14(15(19)16(20)22-4)13-9-6-5-7-10-13/h5-7,9-10,14-15H,8,11-12H2,1-4H3/t14-,15+/m0/s1. The number of benzene rings is 1. The summed E-state index contributed by atoms with van der Waals surface area (Å²) in [5.41, 5.74) is 0.438. The molecule has 1 aliphatic rings. The number of likely N-dealkylation sites (tertiary alicyclic amines) is 1. The fourth-order valence-corrected chi connectivity index (χ4v) is 2.98. The highest BCUT2D eigenvalue weighted by Gasteiger charge is 2.42. The molecule has 2 rings (SSSR count). The molecular weight excluding hydrogens is 294 g/mol. The van der Waals surface area contributed by atoms with Crippen molar-refractivity contribution in [2.75, 3.05) is 13.7 Å². The third-order valence-electron chi connectivity index (χ3n) is 3.93. The second-order valence-electron chi connectivity index (χ2n) is 6.80. The first-order chi connectivity index (χ1) is 10.8. The first-order valence-corrected chi connectivity index (χ1v) is 7.96. The van der Waals surface area contributed by atoms with Gasteiger partial charge in [0.25, 0.3) is 0 Å². The Hall–Kier alpha value is -2.04. The summed E-state index contributed by atoms with van der Waals surface area (Å²) in [5.74, 6) is -0.477. The van der Waals surface area contributed by atoms with E-state index in [4.69, 9.17) is 9.47 Å². The Morgan fingerprint density at radius 2 is 1.83 bits per heavy atom. The van der Waals surface area contributed by atoms with Crippen LogP contribution in [0, 0.1) is 0 Å². The Balaban J connectivity index is 2.30. The van der Waals surface area contributed by atoms with Gasteiger partial charge in [0, 0.05) is 12.5 Å². The minimum Gasteiger partial charge on any atom is -0.467 e. The van der Waals surface area contributed by atoms with E-state index in [0.29, 0.717) is 6.54 Å². The molecule has 1 aliphatic heterocycles. The number of hydrogen-bond donors (Lipinski definition) is 0. The maximum absolute atomic E-state index is 12.5. The molecular formula is C18H25NO4. The summed E-state index contributed by atoms with van der Waals surface area (Å²) in [6, 6.07) is 9.14. The molecule has 5 nitrogen and oxygen atoms in total. The molecule has 0 saturated carbocycles. The number of piperidine rings is 1. The summed E-state index contributed by atoms with van der Waals surface area (Å²) in [6.07, 6.45) is 1.20.